The summed E-state index contributed by atoms with van der Waals surface area (Å²) in [5.41, 5.74) is 1.48. The number of pyridine rings is 1. The van der Waals surface area contributed by atoms with E-state index in [1.165, 1.54) is 26.5 Å². The molecule has 5 rings (SSSR count). The molecule has 1 saturated heterocycles. The molecule has 0 aliphatic carbocycles. The number of benzene rings is 2. The molecule has 2 aromatic carbocycles. The Balaban J connectivity index is 1.56. The Hall–Kier alpha value is -5.17. The number of methoxy groups -OCH3 is 2. The number of hydrogen-bond donors (Lipinski definition) is 3. The van der Waals surface area contributed by atoms with Gasteiger partial charge in [0.1, 0.15) is 11.4 Å². The molecule has 0 spiro atoms. The third-order valence-corrected chi connectivity index (χ3v) is 7.10. The van der Waals surface area contributed by atoms with Gasteiger partial charge in [0.15, 0.2) is 34.5 Å². The molecule has 4 aromatic rings. The monoisotopic (exact) mass is 621 g/mol. The number of morpholine rings is 1. The van der Waals surface area contributed by atoms with Crippen molar-refractivity contribution in [3.05, 3.63) is 72.1 Å². The van der Waals surface area contributed by atoms with E-state index in [0.717, 1.165) is 11.8 Å². The fourth-order valence-corrected chi connectivity index (χ4v) is 4.95. The first-order valence-electron chi connectivity index (χ1n) is 14.2. The molecule has 0 bridgehead atoms. The van der Waals surface area contributed by atoms with E-state index >= 15 is 8.78 Å². The standard InChI is InChI=1S/C32H33F2N5O6/c1-6-26(40)38-21-13-18(39-9-11-44-12-10-39)7-8-20(21)37-25-14-19-24(16-35-25)45-32(30(19)36-17(2)3)31(41)27-28(33)22(42-4)15-23(43-5)29(27)34/h6-8,13-17,36H,1,9-12H2,2-5H3,(H,35,37)(H,38,40). The summed E-state index contributed by atoms with van der Waals surface area (Å²) < 4.78 is 51.8. The van der Waals surface area contributed by atoms with E-state index < -0.39 is 28.9 Å². The zero-order valence-corrected chi connectivity index (χ0v) is 25.3. The largest absolute Gasteiger partial charge is 0.494 e. The number of carbonyl (C=O) groups excluding carboxylic acids is 2. The van der Waals surface area contributed by atoms with Gasteiger partial charge in [-0.25, -0.2) is 13.8 Å². The van der Waals surface area contributed by atoms with Crippen molar-refractivity contribution in [3.63, 3.8) is 0 Å². The minimum absolute atomic E-state index is 0.190. The van der Waals surface area contributed by atoms with Crippen LogP contribution in [-0.2, 0) is 9.53 Å². The van der Waals surface area contributed by atoms with Crippen molar-refractivity contribution in [3.8, 4) is 11.5 Å². The van der Waals surface area contributed by atoms with Crippen LogP contribution in [0.3, 0.4) is 0 Å². The maximum absolute atomic E-state index is 15.3. The van der Waals surface area contributed by atoms with Gasteiger partial charge < -0.3 is 39.5 Å². The second-order valence-corrected chi connectivity index (χ2v) is 10.4. The van der Waals surface area contributed by atoms with Crippen LogP contribution in [-0.4, -0.2) is 63.2 Å². The van der Waals surface area contributed by atoms with Crippen LogP contribution in [0.5, 0.6) is 11.5 Å². The number of anilines is 5. The van der Waals surface area contributed by atoms with E-state index in [9.17, 15) is 9.59 Å². The van der Waals surface area contributed by atoms with Crippen LogP contribution in [0.4, 0.5) is 37.3 Å². The van der Waals surface area contributed by atoms with Crippen LogP contribution in [0, 0.1) is 11.6 Å². The first-order valence-corrected chi connectivity index (χ1v) is 14.2. The Bertz CT molecular complexity index is 1740. The van der Waals surface area contributed by atoms with E-state index in [4.69, 9.17) is 18.6 Å². The zero-order valence-electron chi connectivity index (χ0n) is 25.3. The molecule has 1 amide bonds. The summed E-state index contributed by atoms with van der Waals surface area (Å²) in [5, 5.41) is 9.64. The molecule has 11 nitrogen and oxygen atoms in total. The van der Waals surface area contributed by atoms with Crippen molar-refractivity contribution in [2.45, 2.75) is 19.9 Å². The van der Waals surface area contributed by atoms with Gasteiger partial charge in [-0.05, 0) is 44.2 Å². The van der Waals surface area contributed by atoms with Gasteiger partial charge in [0.25, 0.3) is 0 Å². The molecule has 1 fully saturated rings. The number of furan rings is 1. The van der Waals surface area contributed by atoms with Crippen LogP contribution in [0.2, 0.25) is 0 Å². The average Bonchev–Trinajstić information content (AvgIpc) is 3.39. The maximum Gasteiger partial charge on any atom is 0.247 e. The van der Waals surface area contributed by atoms with Gasteiger partial charge in [-0.3, -0.25) is 9.59 Å². The molecule has 0 unspecified atom stereocenters. The summed E-state index contributed by atoms with van der Waals surface area (Å²) in [6.07, 6.45) is 2.57. The van der Waals surface area contributed by atoms with Crippen LogP contribution in [0.15, 0.2) is 53.6 Å². The van der Waals surface area contributed by atoms with Crippen LogP contribution in [0.25, 0.3) is 11.0 Å². The summed E-state index contributed by atoms with van der Waals surface area (Å²) >= 11 is 0. The molecule has 0 saturated carbocycles. The number of fused-ring (bicyclic) bond motifs is 1. The first-order chi connectivity index (χ1) is 21.6. The smallest absolute Gasteiger partial charge is 0.247 e. The maximum atomic E-state index is 15.3. The lowest BCUT2D eigenvalue weighted by molar-refractivity contribution is -0.111. The van der Waals surface area contributed by atoms with E-state index in [-0.39, 0.29) is 34.6 Å². The normalized spacial score (nSPS) is 13.1. The molecule has 0 atom stereocenters. The minimum Gasteiger partial charge on any atom is -0.494 e. The highest BCUT2D eigenvalue weighted by atomic mass is 19.1. The summed E-state index contributed by atoms with van der Waals surface area (Å²) in [4.78, 5) is 32.5. The fraction of sp³-hybridized carbons (Fsp3) is 0.281. The molecule has 2 aromatic heterocycles. The quantitative estimate of drug-likeness (QED) is 0.138. The Morgan fingerprint density at radius 3 is 2.36 bits per heavy atom. The second kappa shape index (κ2) is 13.2. The van der Waals surface area contributed by atoms with Crippen molar-refractivity contribution < 1.29 is 37.0 Å². The number of aromatic nitrogens is 1. The number of amides is 1. The number of halogens is 2. The molecule has 13 heteroatoms. The second-order valence-electron chi connectivity index (χ2n) is 10.4. The lowest BCUT2D eigenvalue weighted by Crippen LogP contribution is -2.36. The first kappa shape index (κ1) is 31.3. The third kappa shape index (κ3) is 6.38. The van der Waals surface area contributed by atoms with Crippen molar-refractivity contribution in [1.29, 1.82) is 0 Å². The lowest BCUT2D eigenvalue weighted by atomic mass is 10.0. The fourth-order valence-electron chi connectivity index (χ4n) is 4.95. The van der Waals surface area contributed by atoms with Gasteiger partial charge in [0.2, 0.25) is 11.7 Å². The number of hydrogen-bond acceptors (Lipinski definition) is 10. The predicted molar refractivity (Wildman–Crippen MR) is 167 cm³/mol. The van der Waals surface area contributed by atoms with Gasteiger partial charge >= 0.3 is 0 Å². The van der Waals surface area contributed by atoms with Gasteiger partial charge in [0, 0.05) is 36.3 Å². The number of nitrogens with one attached hydrogen (secondary N) is 3. The summed E-state index contributed by atoms with van der Waals surface area (Å²) in [6.45, 7) is 9.85. The van der Waals surface area contributed by atoms with Gasteiger partial charge in [-0.15, -0.1) is 0 Å². The Labute approximate surface area is 258 Å². The number of ketones is 1. The van der Waals surface area contributed by atoms with Crippen molar-refractivity contribution in [2.75, 3.05) is 61.4 Å². The molecule has 0 radical (unpaired) electrons. The van der Waals surface area contributed by atoms with Gasteiger partial charge in [0.05, 0.1) is 50.7 Å². The van der Waals surface area contributed by atoms with Crippen LogP contribution >= 0.6 is 0 Å². The topological polar surface area (TPSA) is 127 Å². The highest BCUT2D eigenvalue weighted by Gasteiger charge is 2.31. The molecule has 3 N–H and O–H groups in total. The van der Waals surface area contributed by atoms with E-state index in [1.807, 2.05) is 32.0 Å². The molecule has 236 valence electrons. The Morgan fingerprint density at radius 1 is 1.04 bits per heavy atom. The molecular formula is C32H33F2N5O6. The van der Waals surface area contributed by atoms with Gasteiger partial charge in [-0.1, -0.05) is 6.58 Å². The van der Waals surface area contributed by atoms with E-state index in [1.54, 1.807) is 6.07 Å². The highest BCUT2D eigenvalue weighted by molar-refractivity contribution is 6.15. The van der Waals surface area contributed by atoms with Crippen LogP contribution in [0.1, 0.15) is 30.0 Å². The number of rotatable bonds is 11. The van der Waals surface area contributed by atoms with Gasteiger partial charge in [-0.2, -0.15) is 0 Å². The lowest BCUT2D eigenvalue weighted by Gasteiger charge is -2.29. The summed E-state index contributed by atoms with van der Waals surface area (Å²) in [6, 6.07) is 8.04. The van der Waals surface area contributed by atoms with E-state index in [2.05, 4.69) is 32.4 Å². The number of carbonyl (C=O) groups is 2. The SMILES string of the molecule is C=CC(=O)Nc1cc(N2CCOCC2)ccc1Nc1cc2c(NC(C)C)c(C(=O)c3c(F)c(OC)cc(OC)c3F)oc2cn1. The molecule has 1 aliphatic heterocycles. The number of nitrogens with zero attached hydrogens (tertiary/aromatic N) is 2. The van der Waals surface area contributed by atoms with Crippen LogP contribution < -0.4 is 30.3 Å². The average molecular weight is 622 g/mol. The third-order valence-electron chi connectivity index (χ3n) is 7.10. The Kier molecular flexibility index (Phi) is 9.18. The Morgan fingerprint density at radius 2 is 1.73 bits per heavy atom. The predicted octanol–water partition coefficient (Wildman–Crippen LogP) is 5.88. The summed E-state index contributed by atoms with van der Waals surface area (Å²) in [5.74, 6) is -4.52. The van der Waals surface area contributed by atoms with Crippen molar-refractivity contribution in [1.82, 2.24) is 4.98 Å². The highest BCUT2D eigenvalue weighted by Crippen LogP contribution is 2.39. The molecule has 45 heavy (non-hydrogen) atoms. The molecule has 3 heterocycles. The zero-order chi connectivity index (χ0) is 32.2. The molecular weight excluding hydrogens is 588 g/mol. The van der Waals surface area contributed by atoms with Crippen molar-refractivity contribution >= 4 is 51.2 Å². The number of ether oxygens (including phenoxy) is 3. The minimum atomic E-state index is -1.19. The van der Waals surface area contributed by atoms with E-state index in [0.29, 0.717) is 48.9 Å². The summed E-state index contributed by atoms with van der Waals surface area (Å²) in [7, 11) is 2.39. The van der Waals surface area contributed by atoms with Crippen molar-refractivity contribution in [2.24, 2.45) is 0 Å². The molecule has 1 aliphatic rings.